The molecular formula is C19H23N3O4. The van der Waals surface area contributed by atoms with E-state index in [9.17, 15) is 4.79 Å². The zero-order valence-corrected chi connectivity index (χ0v) is 15.1. The summed E-state index contributed by atoms with van der Waals surface area (Å²) in [5.74, 6) is 1.64. The van der Waals surface area contributed by atoms with Crippen LogP contribution in [0.1, 0.15) is 30.1 Å². The van der Waals surface area contributed by atoms with Crippen LogP contribution in [0.4, 0.5) is 0 Å². The lowest BCUT2D eigenvalue weighted by molar-refractivity contribution is 0.0525. The van der Waals surface area contributed by atoms with Gasteiger partial charge in [-0.1, -0.05) is 0 Å². The maximum absolute atomic E-state index is 12.7. The Bertz CT molecular complexity index is 719. The van der Waals surface area contributed by atoms with Crippen molar-refractivity contribution < 1.29 is 19.0 Å². The molecule has 0 spiro atoms. The maximum Gasteiger partial charge on any atom is 0.253 e. The maximum atomic E-state index is 12.7. The Morgan fingerprint density at radius 3 is 2.54 bits per heavy atom. The highest BCUT2D eigenvalue weighted by molar-refractivity contribution is 5.94. The van der Waals surface area contributed by atoms with Crippen molar-refractivity contribution in [3.63, 3.8) is 0 Å². The number of rotatable bonds is 6. The van der Waals surface area contributed by atoms with Gasteiger partial charge >= 0.3 is 0 Å². The number of carbonyl (C=O) groups excluding carboxylic acids is 1. The van der Waals surface area contributed by atoms with Crippen LogP contribution in [0.25, 0.3) is 0 Å². The predicted octanol–water partition coefficient (Wildman–Crippen LogP) is 2.57. The summed E-state index contributed by atoms with van der Waals surface area (Å²) < 4.78 is 16.3. The largest absolute Gasteiger partial charge is 0.494 e. The van der Waals surface area contributed by atoms with Crippen molar-refractivity contribution in [1.29, 1.82) is 0 Å². The number of benzene rings is 1. The van der Waals surface area contributed by atoms with E-state index in [0.717, 1.165) is 25.1 Å². The van der Waals surface area contributed by atoms with Crippen LogP contribution in [0.2, 0.25) is 0 Å². The van der Waals surface area contributed by atoms with Crippen LogP contribution >= 0.6 is 0 Å². The molecule has 0 aliphatic carbocycles. The van der Waals surface area contributed by atoms with Crippen LogP contribution in [0.5, 0.6) is 17.5 Å². The lowest BCUT2D eigenvalue weighted by atomic mass is 10.1. The Balaban J connectivity index is 1.60. The Kier molecular flexibility index (Phi) is 5.88. The van der Waals surface area contributed by atoms with E-state index in [1.165, 1.54) is 7.11 Å². The monoisotopic (exact) mass is 357 g/mol. The number of aromatic nitrogens is 2. The first-order valence-corrected chi connectivity index (χ1v) is 8.76. The van der Waals surface area contributed by atoms with Crippen molar-refractivity contribution >= 4 is 5.91 Å². The summed E-state index contributed by atoms with van der Waals surface area (Å²) in [6.07, 6.45) is 1.66. The molecule has 0 N–H and O–H groups in total. The topological polar surface area (TPSA) is 73.8 Å². The van der Waals surface area contributed by atoms with Crippen molar-refractivity contribution in [2.24, 2.45) is 0 Å². The third-order valence-corrected chi connectivity index (χ3v) is 4.19. The third kappa shape index (κ3) is 4.41. The molecule has 1 aliphatic heterocycles. The fourth-order valence-electron chi connectivity index (χ4n) is 2.91. The number of methoxy groups -OCH3 is 1. The lowest BCUT2D eigenvalue weighted by Gasteiger charge is -2.32. The molecule has 0 radical (unpaired) electrons. The molecule has 3 rings (SSSR count). The minimum absolute atomic E-state index is 0.00200. The number of piperidine rings is 1. The number of hydrogen-bond donors (Lipinski definition) is 0. The van der Waals surface area contributed by atoms with Gasteiger partial charge in [0.15, 0.2) is 0 Å². The molecule has 138 valence electrons. The quantitative estimate of drug-likeness (QED) is 0.791. The van der Waals surface area contributed by atoms with Crippen LogP contribution in [-0.4, -0.2) is 53.9 Å². The third-order valence-electron chi connectivity index (χ3n) is 4.19. The van der Waals surface area contributed by atoms with Gasteiger partial charge in [-0.2, -0.15) is 0 Å². The zero-order chi connectivity index (χ0) is 18.4. The van der Waals surface area contributed by atoms with Crippen LogP contribution in [-0.2, 0) is 0 Å². The molecule has 1 amide bonds. The lowest BCUT2D eigenvalue weighted by Crippen LogP contribution is -2.44. The summed E-state index contributed by atoms with van der Waals surface area (Å²) in [4.78, 5) is 14.6. The van der Waals surface area contributed by atoms with Gasteiger partial charge in [0.2, 0.25) is 11.8 Å². The second-order valence-electron chi connectivity index (χ2n) is 6.00. The van der Waals surface area contributed by atoms with E-state index in [2.05, 4.69) is 10.2 Å². The molecule has 0 saturated carbocycles. The van der Waals surface area contributed by atoms with Crippen LogP contribution < -0.4 is 14.2 Å². The highest BCUT2D eigenvalue weighted by atomic mass is 16.5. The first kappa shape index (κ1) is 18.0. The summed E-state index contributed by atoms with van der Waals surface area (Å²) >= 11 is 0. The molecule has 7 nitrogen and oxygen atoms in total. The van der Waals surface area contributed by atoms with Gasteiger partial charge in [0.05, 0.1) is 20.3 Å². The normalized spacial score (nSPS) is 16.8. The van der Waals surface area contributed by atoms with Crippen molar-refractivity contribution in [2.45, 2.75) is 25.9 Å². The second-order valence-corrected chi connectivity index (χ2v) is 6.00. The number of amides is 1. The average Bonchev–Trinajstić information content (AvgIpc) is 2.69. The van der Waals surface area contributed by atoms with E-state index >= 15 is 0 Å². The molecule has 7 heteroatoms. The minimum Gasteiger partial charge on any atom is -0.494 e. The van der Waals surface area contributed by atoms with Crippen molar-refractivity contribution in [3.05, 3.63) is 42.0 Å². The number of nitrogens with zero attached hydrogens (tertiary/aromatic N) is 3. The van der Waals surface area contributed by atoms with Crippen molar-refractivity contribution in [2.75, 3.05) is 26.8 Å². The van der Waals surface area contributed by atoms with E-state index in [1.54, 1.807) is 24.3 Å². The minimum atomic E-state index is -0.0990. The summed E-state index contributed by atoms with van der Waals surface area (Å²) in [5.41, 5.74) is 0.651. The molecule has 1 atom stereocenters. The van der Waals surface area contributed by atoms with Gasteiger partial charge in [0.25, 0.3) is 5.91 Å². The fourth-order valence-corrected chi connectivity index (χ4v) is 2.91. The predicted molar refractivity (Wildman–Crippen MR) is 95.7 cm³/mol. The molecule has 1 aliphatic rings. The summed E-state index contributed by atoms with van der Waals surface area (Å²) in [7, 11) is 1.54. The van der Waals surface area contributed by atoms with Crippen molar-refractivity contribution in [1.82, 2.24) is 15.1 Å². The smallest absolute Gasteiger partial charge is 0.253 e. The summed E-state index contributed by atoms with van der Waals surface area (Å²) in [6, 6.07) is 10.7. The molecule has 1 fully saturated rings. The van der Waals surface area contributed by atoms with E-state index in [4.69, 9.17) is 14.2 Å². The molecule has 1 saturated heterocycles. The highest BCUT2D eigenvalue weighted by Gasteiger charge is 2.26. The number of carbonyl (C=O) groups is 1. The van der Waals surface area contributed by atoms with Gasteiger partial charge in [0, 0.05) is 24.2 Å². The molecule has 1 aromatic carbocycles. The van der Waals surface area contributed by atoms with Crippen LogP contribution in [0.3, 0.4) is 0 Å². The van der Waals surface area contributed by atoms with Crippen molar-refractivity contribution in [3.8, 4) is 17.5 Å². The van der Waals surface area contributed by atoms with Gasteiger partial charge in [-0.25, -0.2) is 0 Å². The van der Waals surface area contributed by atoms with E-state index in [1.807, 2.05) is 24.0 Å². The Morgan fingerprint density at radius 1 is 1.15 bits per heavy atom. The highest BCUT2D eigenvalue weighted by Crippen LogP contribution is 2.20. The molecule has 1 aromatic heterocycles. The van der Waals surface area contributed by atoms with Gasteiger partial charge in [-0.15, -0.1) is 10.2 Å². The van der Waals surface area contributed by atoms with E-state index in [-0.39, 0.29) is 12.0 Å². The number of ether oxygens (including phenoxy) is 3. The number of likely N-dealkylation sites (tertiary alicyclic amines) is 1. The molecule has 26 heavy (non-hydrogen) atoms. The average molecular weight is 357 g/mol. The SMILES string of the molecule is CCOc1ccc(C(=O)N2CCCC(Oc3ccc(OC)nn3)C2)cc1. The molecule has 0 bridgehead atoms. The van der Waals surface area contributed by atoms with Gasteiger partial charge in [-0.05, 0) is 44.0 Å². The Hall–Kier alpha value is -2.83. The van der Waals surface area contributed by atoms with E-state index in [0.29, 0.717) is 30.5 Å². The molecule has 1 unspecified atom stereocenters. The first-order chi connectivity index (χ1) is 12.7. The summed E-state index contributed by atoms with van der Waals surface area (Å²) in [5, 5.41) is 7.88. The van der Waals surface area contributed by atoms with Gasteiger partial charge in [-0.3, -0.25) is 4.79 Å². The van der Waals surface area contributed by atoms with Crippen LogP contribution in [0, 0.1) is 0 Å². The fraction of sp³-hybridized carbons (Fsp3) is 0.421. The number of hydrogen-bond acceptors (Lipinski definition) is 6. The van der Waals surface area contributed by atoms with Gasteiger partial charge in [0.1, 0.15) is 11.9 Å². The zero-order valence-electron chi connectivity index (χ0n) is 15.1. The van der Waals surface area contributed by atoms with E-state index < -0.39 is 0 Å². The Labute approximate surface area is 152 Å². The first-order valence-electron chi connectivity index (χ1n) is 8.76. The molecular weight excluding hydrogens is 334 g/mol. The molecule has 2 heterocycles. The van der Waals surface area contributed by atoms with Crippen LogP contribution in [0.15, 0.2) is 36.4 Å². The second kappa shape index (κ2) is 8.51. The Morgan fingerprint density at radius 2 is 1.88 bits per heavy atom. The standard InChI is InChI=1S/C19H23N3O4/c1-3-25-15-8-6-14(7-9-15)19(23)22-12-4-5-16(13-22)26-18-11-10-17(24-2)20-21-18/h6-11,16H,3-5,12-13H2,1-2H3. The molecule has 2 aromatic rings. The van der Waals surface area contributed by atoms with Gasteiger partial charge < -0.3 is 19.1 Å². The summed E-state index contributed by atoms with van der Waals surface area (Å²) in [6.45, 7) is 3.78.